The number of aliphatic hydroxyl groups excluding tert-OH is 1. The van der Waals surface area contributed by atoms with Crippen LogP contribution in [0, 0.1) is 0 Å². The molecule has 1 saturated heterocycles. The molecule has 0 radical (unpaired) electrons. The molecule has 1 atom stereocenters. The number of carbonyl (C=O) groups excluding carboxylic acids is 1. The molecule has 1 aliphatic rings. The average molecular weight is 259 g/mol. The highest BCUT2D eigenvalue weighted by Gasteiger charge is 2.26. The molecule has 1 fully saturated rings. The number of likely N-dealkylation sites (tertiary alicyclic amines) is 1. The minimum atomic E-state index is 0.0873. The number of carbonyl (C=O) groups is 1. The molecule has 0 aliphatic carbocycles. The van der Waals surface area contributed by atoms with Crippen LogP contribution >= 0.6 is 0 Å². The van der Waals surface area contributed by atoms with Gasteiger partial charge in [0.25, 0.3) is 0 Å². The van der Waals surface area contributed by atoms with Crippen LogP contribution in [-0.4, -0.2) is 35.1 Å². The summed E-state index contributed by atoms with van der Waals surface area (Å²) in [6.45, 7) is 1.05. The van der Waals surface area contributed by atoms with Gasteiger partial charge in [-0.3, -0.25) is 4.79 Å². The molecule has 1 N–H and O–H groups in total. The second-order valence-corrected chi connectivity index (χ2v) is 4.94. The van der Waals surface area contributed by atoms with E-state index in [1.165, 1.54) is 0 Å². The van der Waals surface area contributed by atoms with E-state index in [9.17, 15) is 4.79 Å². The third-order valence-corrected chi connectivity index (χ3v) is 3.57. The van der Waals surface area contributed by atoms with E-state index in [0.717, 1.165) is 37.8 Å². The van der Waals surface area contributed by atoms with E-state index in [1.807, 2.05) is 41.3 Å². The summed E-state index contributed by atoms with van der Waals surface area (Å²) in [6, 6.07) is 10.2. The normalized spacial score (nSPS) is 19.2. The summed E-state index contributed by atoms with van der Waals surface area (Å²) in [5.41, 5.74) is 1.04. The Bertz CT molecular complexity index is 428. The number of nitrogens with zero attached hydrogens (tertiary/aromatic N) is 1. The summed E-state index contributed by atoms with van der Waals surface area (Å²) in [5.74, 6) is 0.0873. The van der Waals surface area contributed by atoms with Crippen LogP contribution in [-0.2, 0) is 4.79 Å². The second-order valence-electron chi connectivity index (χ2n) is 4.94. The highest BCUT2D eigenvalue weighted by molar-refractivity contribution is 5.92. The van der Waals surface area contributed by atoms with Gasteiger partial charge in [0.2, 0.25) is 5.91 Å². The maximum atomic E-state index is 12.2. The highest BCUT2D eigenvalue weighted by atomic mass is 16.3. The fraction of sp³-hybridized carbons (Fsp3) is 0.438. The summed E-state index contributed by atoms with van der Waals surface area (Å²) >= 11 is 0. The molecule has 1 amide bonds. The van der Waals surface area contributed by atoms with E-state index in [2.05, 4.69) is 0 Å². The van der Waals surface area contributed by atoms with Crippen molar-refractivity contribution in [1.29, 1.82) is 0 Å². The molecular formula is C16H21NO2. The summed E-state index contributed by atoms with van der Waals surface area (Å²) in [5, 5.41) is 8.89. The van der Waals surface area contributed by atoms with Crippen molar-refractivity contribution in [3.05, 3.63) is 42.0 Å². The molecule has 1 aliphatic heterocycles. The number of hydrogen-bond donors (Lipinski definition) is 1. The minimum absolute atomic E-state index is 0.0873. The topological polar surface area (TPSA) is 40.5 Å². The van der Waals surface area contributed by atoms with Gasteiger partial charge in [-0.2, -0.15) is 0 Å². The predicted octanol–water partition coefficient (Wildman–Crippen LogP) is 2.46. The first-order valence-electron chi connectivity index (χ1n) is 6.96. The molecule has 2 rings (SSSR count). The fourth-order valence-electron chi connectivity index (χ4n) is 2.58. The van der Waals surface area contributed by atoms with Crippen molar-refractivity contribution in [2.45, 2.75) is 31.7 Å². The lowest BCUT2D eigenvalue weighted by molar-refractivity contribution is -0.126. The SMILES string of the molecule is O=C(/C=C/c1ccccc1)N1CCCC1CCCO. The molecule has 0 spiro atoms. The van der Waals surface area contributed by atoms with Crippen molar-refractivity contribution in [3.8, 4) is 0 Å². The van der Waals surface area contributed by atoms with Crippen molar-refractivity contribution in [2.24, 2.45) is 0 Å². The van der Waals surface area contributed by atoms with Crippen molar-refractivity contribution in [3.63, 3.8) is 0 Å². The second kappa shape index (κ2) is 7.10. The maximum Gasteiger partial charge on any atom is 0.246 e. The van der Waals surface area contributed by atoms with Gasteiger partial charge in [-0.25, -0.2) is 0 Å². The van der Waals surface area contributed by atoms with Crippen LogP contribution in [0.2, 0.25) is 0 Å². The van der Waals surface area contributed by atoms with Crippen molar-refractivity contribution in [2.75, 3.05) is 13.2 Å². The standard InChI is InChI=1S/C16H21NO2/c18-13-5-9-15-8-4-12-17(15)16(19)11-10-14-6-2-1-3-7-14/h1-3,6-7,10-11,15,18H,4-5,8-9,12-13H2/b11-10+. The van der Waals surface area contributed by atoms with E-state index >= 15 is 0 Å². The minimum Gasteiger partial charge on any atom is -0.396 e. The first kappa shape index (κ1) is 13.8. The number of amides is 1. The van der Waals surface area contributed by atoms with Gasteiger partial charge in [0.1, 0.15) is 0 Å². The Morgan fingerprint density at radius 3 is 2.89 bits per heavy atom. The Labute approximate surface area is 114 Å². The lowest BCUT2D eigenvalue weighted by Crippen LogP contribution is -2.34. The Balaban J connectivity index is 1.93. The monoisotopic (exact) mass is 259 g/mol. The van der Waals surface area contributed by atoms with E-state index in [4.69, 9.17) is 5.11 Å². The zero-order valence-electron chi connectivity index (χ0n) is 11.2. The van der Waals surface area contributed by atoms with E-state index in [-0.39, 0.29) is 12.5 Å². The van der Waals surface area contributed by atoms with Crippen LogP contribution in [0.4, 0.5) is 0 Å². The number of benzene rings is 1. The fourth-order valence-corrected chi connectivity index (χ4v) is 2.58. The van der Waals surface area contributed by atoms with Gasteiger partial charge < -0.3 is 10.0 Å². The van der Waals surface area contributed by atoms with Crippen molar-refractivity contribution < 1.29 is 9.90 Å². The van der Waals surface area contributed by atoms with Crippen LogP contribution in [0.15, 0.2) is 36.4 Å². The molecule has 1 aromatic carbocycles. The van der Waals surface area contributed by atoms with Crippen LogP contribution in [0.25, 0.3) is 6.08 Å². The quantitative estimate of drug-likeness (QED) is 0.825. The van der Waals surface area contributed by atoms with Crippen molar-refractivity contribution >= 4 is 12.0 Å². The summed E-state index contributed by atoms with van der Waals surface area (Å²) in [4.78, 5) is 14.1. The van der Waals surface area contributed by atoms with Gasteiger partial charge >= 0.3 is 0 Å². The van der Waals surface area contributed by atoms with Gasteiger partial charge in [-0.05, 0) is 37.3 Å². The molecule has 3 nitrogen and oxygen atoms in total. The molecular weight excluding hydrogens is 238 g/mol. The first-order chi connectivity index (χ1) is 9.31. The number of rotatable bonds is 5. The summed E-state index contributed by atoms with van der Waals surface area (Å²) in [7, 11) is 0. The lowest BCUT2D eigenvalue weighted by Gasteiger charge is -2.23. The van der Waals surface area contributed by atoms with Gasteiger partial charge in [-0.15, -0.1) is 0 Å². The molecule has 0 saturated carbocycles. The Morgan fingerprint density at radius 1 is 1.37 bits per heavy atom. The number of aliphatic hydroxyl groups is 1. The van der Waals surface area contributed by atoms with Crippen molar-refractivity contribution in [1.82, 2.24) is 4.90 Å². The molecule has 1 unspecified atom stereocenters. The zero-order valence-corrected chi connectivity index (χ0v) is 11.2. The van der Waals surface area contributed by atoms with Crippen LogP contribution in [0.3, 0.4) is 0 Å². The van der Waals surface area contributed by atoms with Gasteiger partial charge in [0.05, 0.1) is 0 Å². The highest BCUT2D eigenvalue weighted by Crippen LogP contribution is 2.21. The molecule has 3 heteroatoms. The lowest BCUT2D eigenvalue weighted by atomic mass is 10.1. The molecule has 0 aromatic heterocycles. The third kappa shape index (κ3) is 3.93. The smallest absolute Gasteiger partial charge is 0.246 e. The summed E-state index contributed by atoms with van der Waals surface area (Å²) in [6.07, 6.45) is 7.33. The summed E-state index contributed by atoms with van der Waals surface area (Å²) < 4.78 is 0. The van der Waals surface area contributed by atoms with Crippen LogP contribution in [0.5, 0.6) is 0 Å². The number of hydrogen-bond acceptors (Lipinski definition) is 2. The van der Waals surface area contributed by atoms with Gasteiger partial charge in [-0.1, -0.05) is 30.3 Å². The zero-order chi connectivity index (χ0) is 13.5. The molecule has 1 aromatic rings. The molecule has 102 valence electrons. The maximum absolute atomic E-state index is 12.2. The predicted molar refractivity (Wildman–Crippen MR) is 76.5 cm³/mol. The van der Waals surface area contributed by atoms with Gasteiger partial charge in [0.15, 0.2) is 0 Å². The molecule has 19 heavy (non-hydrogen) atoms. The Morgan fingerprint density at radius 2 is 2.16 bits per heavy atom. The van der Waals surface area contributed by atoms with Gasteiger partial charge in [0, 0.05) is 25.3 Å². The Kier molecular flexibility index (Phi) is 5.16. The van der Waals surface area contributed by atoms with E-state index < -0.39 is 0 Å². The Hall–Kier alpha value is -1.61. The third-order valence-electron chi connectivity index (χ3n) is 3.57. The van der Waals surface area contributed by atoms with E-state index in [1.54, 1.807) is 6.08 Å². The van der Waals surface area contributed by atoms with Crippen LogP contribution in [0.1, 0.15) is 31.2 Å². The molecule has 0 bridgehead atoms. The molecule has 1 heterocycles. The van der Waals surface area contributed by atoms with Crippen LogP contribution < -0.4 is 0 Å². The van der Waals surface area contributed by atoms with E-state index in [0.29, 0.717) is 6.04 Å². The first-order valence-corrected chi connectivity index (χ1v) is 6.96. The largest absolute Gasteiger partial charge is 0.396 e. The average Bonchev–Trinajstić information content (AvgIpc) is 2.92.